The van der Waals surface area contributed by atoms with Crippen LogP contribution in [0.25, 0.3) is 19.5 Å². The van der Waals surface area contributed by atoms with Crippen molar-refractivity contribution in [1.29, 1.82) is 0 Å². The summed E-state index contributed by atoms with van der Waals surface area (Å²) in [5.74, 6) is 0.647. The highest BCUT2D eigenvalue weighted by Crippen LogP contribution is 2.39. The van der Waals surface area contributed by atoms with Crippen LogP contribution < -0.4 is 5.32 Å². The molecule has 136 valence electrons. The van der Waals surface area contributed by atoms with Crippen molar-refractivity contribution >= 4 is 54.0 Å². The second-order valence-electron chi connectivity index (χ2n) is 7.00. The van der Waals surface area contributed by atoms with Crippen molar-refractivity contribution in [3.8, 4) is 0 Å². The molecule has 1 aromatic carbocycles. The summed E-state index contributed by atoms with van der Waals surface area (Å²) in [6, 6.07) is 10.2. The van der Waals surface area contributed by atoms with Crippen LogP contribution in [0.2, 0.25) is 0 Å². The van der Waals surface area contributed by atoms with Crippen LogP contribution >= 0.6 is 22.7 Å². The zero-order chi connectivity index (χ0) is 18.1. The van der Waals surface area contributed by atoms with Gasteiger partial charge in [0.25, 0.3) is 5.91 Å². The lowest BCUT2D eigenvalue weighted by Gasteiger charge is -2.31. The van der Waals surface area contributed by atoms with Crippen molar-refractivity contribution in [3.63, 3.8) is 0 Å². The number of hydrogen-bond donors (Lipinski definition) is 1. The maximum atomic E-state index is 12.4. The predicted molar refractivity (Wildman–Crippen MR) is 109 cm³/mol. The Hall–Kier alpha value is -1.92. The first-order valence-electron chi connectivity index (χ1n) is 9.09. The van der Waals surface area contributed by atoms with Gasteiger partial charge in [0, 0.05) is 40.8 Å². The van der Waals surface area contributed by atoms with E-state index in [-0.39, 0.29) is 11.8 Å². The Morgan fingerprint density at radius 3 is 2.92 bits per heavy atom. The topological polar surface area (TPSA) is 49.4 Å². The molecule has 0 spiro atoms. The molecule has 0 aliphatic carbocycles. The van der Waals surface area contributed by atoms with E-state index in [2.05, 4.69) is 24.4 Å². The van der Waals surface area contributed by atoms with Crippen molar-refractivity contribution in [2.45, 2.75) is 26.2 Å². The van der Waals surface area contributed by atoms with Gasteiger partial charge in [-0.2, -0.15) is 0 Å². The molecular weight excluding hydrogens is 364 g/mol. The highest BCUT2D eigenvalue weighted by molar-refractivity contribution is 7.33. The predicted octanol–water partition coefficient (Wildman–Crippen LogP) is 4.49. The minimum absolute atomic E-state index is 0.0812. The molecule has 1 aliphatic rings. The summed E-state index contributed by atoms with van der Waals surface area (Å²) in [4.78, 5) is 27.4. The van der Waals surface area contributed by atoms with Crippen molar-refractivity contribution in [2.75, 3.05) is 19.6 Å². The smallest absolute Gasteiger partial charge is 0.261 e. The van der Waals surface area contributed by atoms with Crippen LogP contribution in [0.5, 0.6) is 0 Å². The summed E-state index contributed by atoms with van der Waals surface area (Å²) < 4.78 is 3.58. The van der Waals surface area contributed by atoms with Crippen LogP contribution in [0, 0.1) is 5.92 Å². The number of benzene rings is 1. The zero-order valence-electron chi connectivity index (χ0n) is 14.8. The van der Waals surface area contributed by atoms with Gasteiger partial charge in [-0.05, 0) is 30.9 Å². The first kappa shape index (κ1) is 17.5. The fourth-order valence-electron chi connectivity index (χ4n) is 3.56. The number of carbonyl (C=O) groups excluding carboxylic acids is 2. The molecule has 1 unspecified atom stereocenters. The lowest BCUT2D eigenvalue weighted by Crippen LogP contribution is -2.40. The summed E-state index contributed by atoms with van der Waals surface area (Å²) in [7, 11) is 0. The van der Waals surface area contributed by atoms with Crippen LogP contribution in [-0.4, -0.2) is 36.3 Å². The zero-order valence-corrected chi connectivity index (χ0v) is 16.4. The average molecular weight is 387 g/mol. The fourth-order valence-corrected chi connectivity index (χ4v) is 6.00. The molecule has 0 saturated carbocycles. The molecule has 4 rings (SSSR count). The molecule has 4 nitrogen and oxygen atoms in total. The molecule has 3 aromatic rings. The van der Waals surface area contributed by atoms with Crippen LogP contribution in [0.15, 0.2) is 30.3 Å². The third-order valence-electron chi connectivity index (χ3n) is 4.91. The molecule has 2 amide bonds. The molecule has 1 atom stereocenters. The standard InChI is InChI=1S/C20H22N2O2S2/c1-13-5-4-10-22(12-13)18(23)8-9-21-20(24)17-11-16-19(26-17)14-6-2-3-7-15(14)25-16/h2-3,6-7,11,13H,4-5,8-10,12H2,1H3,(H,21,24). The molecule has 1 aliphatic heterocycles. The van der Waals surface area contributed by atoms with Crippen LogP contribution in [0.4, 0.5) is 0 Å². The summed E-state index contributed by atoms with van der Waals surface area (Å²) in [6.07, 6.45) is 2.66. The van der Waals surface area contributed by atoms with Crippen molar-refractivity contribution in [1.82, 2.24) is 10.2 Å². The summed E-state index contributed by atoms with van der Waals surface area (Å²) >= 11 is 3.25. The Labute approximate surface area is 160 Å². The van der Waals surface area contributed by atoms with Gasteiger partial charge in [0.05, 0.1) is 9.58 Å². The first-order chi connectivity index (χ1) is 12.6. The molecule has 0 radical (unpaired) electrons. The number of rotatable bonds is 4. The molecule has 26 heavy (non-hydrogen) atoms. The molecular formula is C20H22N2O2S2. The van der Waals surface area contributed by atoms with E-state index in [1.807, 2.05) is 23.1 Å². The highest BCUT2D eigenvalue weighted by atomic mass is 32.1. The maximum Gasteiger partial charge on any atom is 0.261 e. The number of nitrogens with zero attached hydrogens (tertiary/aromatic N) is 1. The molecule has 1 N–H and O–H groups in total. The number of thiophene rings is 2. The molecule has 3 heterocycles. The molecule has 0 bridgehead atoms. The van der Waals surface area contributed by atoms with E-state index in [4.69, 9.17) is 0 Å². The summed E-state index contributed by atoms with van der Waals surface area (Å²) in [5, 5.41) is 4.12. The first-order valence-corrected chi connectivity index (χ1v) is 10.7. The average Bonchev–Trinajstić information content (AvgIpc) is 3.19. The van der Waals surface area contributed by atoms with E-state index >= 15 is 0 Å². The van der Waals surface area contributed by atoms with Gasteiger partial charge in [-0.1, -0.05) is 25.1 Å². The monoisotopic (exact) mass is 386 g/mol. The van der Waals surface area contributed by atoms with Gasteiger partial charge in [-0.3, -0.25) is 9.59 Å². The lowest BCUT2D eigenvalue weighted by molar-refractivity contribution is -0.132. The molecule has 1 saturated heterocycles. The van der Waals surface area contributed by atoms with Crippen LogP contribution in [0.3, 0.4) is 0 Å². The molecule has 2 aromatic heterocycles. The van der Waals surface area contributed by atoms with Gasteiger partial charge in [0.15, 0.2) is 0 Å². The van der Waals surface area contributed by atoms with E-state index in [1.165, 1.54) is 32.5 Å². The van der Waals surface area contributed by atoms with Crippen LogP contribution in [0.1, 0.15) is 35.9 Å². The van der Waals surface area contributed by atoms with E-state index < -0.39 is 0 Å². The second kappa shape index (κ2) is 7.37. The van der Waals surface area contributed by atoms with Crippen LogP contribution in [-0.2, 0) is 4.79 Å². The number of fused-ring (bicyclic) bond motifs is 3. The minimum Gasteiger partial charge on any atom is -0.351 e. The number of piperidine rings is 1. The normalized spacial score (nSPS) is 17.7. The van der Waals surface area contributed by atoms with Crippen molar-refractivity contribution in [3.05, 3.63) is 35.2 Å². The summed E-state index contributed by atoms with van der Waals surface area (Å²) in [6.45, 7) is 4.29. The lowest BCUT2D eigenvalue weighted by atomic mass is 10.00. The Kier molecular flexibility index (Phi) is 4.96. The van der Waals surface area contributed by atoms with Crippen molar-refractivity contribution < 1.29 is 9.59 Å². The van der Waals surface area contributed by atoms with Gasteiger partial charge in [-0.25, -0.2) is 0 Å². The van der Waals surface area contributed by atoms with Gasteiger partial charge < -0.3 is 10.2 Å². The maximum absolute atomic E-state index is 12.4. The Balaban J connectivity index is 1.36. The van der Waals surface area contributed by atoms with E-state index in [1.54, 1.807) is 11.3 Å². The number of hydrogen-bond acceptors (Lipinski definition) is 4. The number of carbonyl (C=O) groups is 2. The van der Waals surface area contributed by atoms with E-state index in [0.717, 1.165) is 29.1 Å². The summed E-state index contributed by atoms with van der Waals surface area (Å²) in [5.41, 5.74) is 0. The van der Waals surface area contributed by atoms with E-state index in [0.29, 0.717) is 18.9 Å². The van der Waals surface area contributed by atoms with Crippen molar-refractivity contribution in [2.24, 2.45) is 5.92 Å². The second-order valence-corrected chi connectivity index (χ2v) is 9.13. The van der Waals surface area contributed by atoms with Gasteiger partial charge in [0.1, 0.15) is 0 Å². The third kappa shape index (κ3) is 3.48. The van der Waals surface area contributed by atoms with E-state index in [9.17, 15) is 9.59 Å². The fraction of sp³-hybridized carbons (Fsp3) is 0.400. The minimum atomic E-state index is -0.0812. The highest BCUT2D eigenvalue weighted by Gasteiger charge is 2.21. The van der Waals surface area contributed by atoms with Gasteiger partial charge in [0.2, 0.25) is 5.91 Å². The Bertz CT molecular complexity index is 959. The number of nitrogens with one attached hydrogen (secondary N) is 1. The number of amides is 2. The SMILES string of the molecule is CC1CCCN(C(=O)CCNC(=O)c2cc3sc4ccccc4c3s2)C1. The van der Waals surface area contributed by atoms with Gasteiger partial charge in [-0.15, -0.1) is 22.7 Å². The Morgan fingerprint density at radius 2 is 2.08 bits per heavy atom. The Morgan fingerprint density at radius 1 is 1.23 bits per heavy atom. The van der Waals surface area contributed by atoms with Gasteiger partial charge >= 0.3 is 0 Å². The molecule has 6 heteroatoms. The molecule has 1 fully saturated rings. The third-order valence-corrected chi connectivity index (χ3v) is 7.32. The quantitative estimate of drug-likeness (QED) is 0.718. The number of likely N-dealkylation sites (tertiary alicyclic amines) is 1. The largest absolute Gasteiger partial charge is 0.351 e.